The third-order valence-electron chi connectivity index (χ3n) is 10.1. The standard InChI is InChI=1S/C52H40N4/c1-9-25-41(26-10-1)49(53-55-51(43-29-13-3-14-30-43,44-31-15-4-16-32-44)45-33-17-5-18-34-45)50(42-27-11-2-12-28-42)54-56-52(46-35-19-6-20-36-46,47-37-21-7-22-38-47)48-39-23-8-24-40-48/h1-40H. The fraction of sp³-hybridized carbons (Fsp3) is 0.0385. The average Bonchev–Trinajstić information content (AvgIpc) is 3.30. The minimum Gasteiger partial charge on any atom is -0.167 e. The Balaban J connectivity index is 1.45. The molecule has 4 nitrogen and oxygen atoms in total. The second-order valence-electron chi connectivity index (χ2n) is 13.4. The molecule has 0 aromatic heterocycles. The summed E-state index contributed by atoms with van der Waals surface area (Å²) >= 11 is 0. The van der Waals surface area contributed by atoms with E-state index in [1.54, 1.807) is 0 Å². The summed E-state index contributed by atoms with van der Waals surface area (Å²) in [5.74, 6) is 0. The number of benzene rings is 8. The van der Waals surface area contributed by atoms with Crippen LogP contribution in [-0.2, 0) is 11.1 Å². The van der Waals surface area contributed by atoms with Gasteiger partial charge < -0.3 is 0 Å². The highest BCUT2D eigenvalue weighted by molar-refractivity contribution is 5.89. The van der Waals surface area contributed by atoms with E-state index in [0.717, 1.165) is 44.5 Å². The van der Waals surface area contributed by atoms with Gasteiger partial charge in [-0.2, -0.15) is 20.5 Å². The molecule has 8 rings (SSSR count). The Bertz CT molecular complexity index is 2150. The van der Waals surface area contributed by atoms with Gasteiger partial charge in [-0.15, -0.1) is 0 Å². The van der Waals surface area contributed by atoms with Gasteiger partial charge in [0.2, 0.25) is 0 Å². The third kappa shape index (κ3) is 7.16. The Hall–Kier alpha value is -7.30. The minimum atomic E-state index is -0.982. The molecule has 0 N–H and O–H groups in total. The summed E-state index contributed by atoms with van der Waals surface area (Å²) in [6.45, 7) is 0. The molecule has 0 fully saturated rings. The molecule has 8 aromatic carbocycles. The lowest BCUT2D eigenvalue weighted by molar-refractivity contribution is 0.616. The van der Waals surface area contributed by atoms with E-state index in [-0.39, 0.29) is 0 Å². The molecule has 0 aliphatic heterocycles. The topological polar surface area (TPSA) is 49.4 Å². The number of hydrogen-bond donors (Lipinski definition) is 0. The Kier molecular flexibility index (Phi) is 10.7. The van der Waals surface area contributed by atoms with Crippen LogP contribution in [-0.4, -0.2) is 0 Å². The molecule has 0 bridgehead atoms. The van der Waals surface area contributed by atoms with Crippen LogP contribution < -0.4 is 0 Å². The predicted octanol–water partition coefficient (Wildman–Crippen LogP) is 13.4. The Morgan fingerprint density at radius 3 is 0.607 bits per heavy atom. The van der Waals surface area contributed by atoms with E-state index in [4.69, 9.17) is 20.5 Å². The summed E-state index contributed by atoms with van der Waals surface area (Å²) in [4.78, 5) is 0. The zero-order chi connectivity index (χ0) is 37.9. The molecule has 0 heterocycles. The first kappa shape index (κ1) is 35.7. The molecule has 4 heteroatoms. The van der Waals surface area contributed by atoms with Crippen molar-refractivity contribution in [2.45, 2.75) is 11.1 Å². The first-order valence-electron chi connectivity index (χ1n) is 18.8. The Labute approximate surface area is 328 Å². The lowest BCUT2D eigenvalue weighted by atomic mass is 9.78. The van der Waals surface area contributed by atoms with Crippen molar-refractivity contribution in [2.24, 2.45) is 20.5 Å². The van der Waals surface area contributed by atoms with Gasteiger partial charge in [-0.1, -0.05) is 243 Å². The molecule has 0 amide bonds. The molecule has 8 aromatic rings. The number of nitrogens with zero attached hydrogens (tertiary/aromatic N) is 4. The van der Waals surface area contributed by atoms with Gasteiger partial charge in [0.05, 0.1) is 0 Å². The molecular weight excluding hydrogens is 681 g/mol. The third-order valence-corrected chi connectivity index (χ3v) is 10.1. The monoisotopic (exact) mass is 720 g/mol. The van der Waals surface area contributed by atoms with E-state index in [9.17, 15) is 0 Å². The smallest absolute Gasteiger partial charge is 0.157 e. The van der Waals surface area contributed by atoms with Crippen LogP contribution in [0.15, 0.2) is 263 Å². The summed E-state index contributed by atoms with van der Waals surface area (Å²) in [6.07, 6.45) is 0. The highest BCUT2D eigenvalue weighted by Crippen LogP contribution is 2.44. The second-order valence-corrected chi connectivity index (χ2v) is 13.4. The highest BCUT2D eigenvalue weighted by Gasteiger charge is 2.38. The van der Waals surface area contributed by atoms with Gasteiger partial charge in [0.25, 0.3) is 0 Å². The van der Waals surface area contributed by atoms with Crippen LogP contribution in [0.4, 0.5) is 0 Å². The number of hydrogen-bond acceptors (Lipinski definition) is 4. The van der Waals surface area contributed by atoms with Crippen LogP contribution in [0.3, 0.4) is 0 Å². The van der Waals surface area contributed by atoms with Crippen LogP contribution in [0.2, 0.25) is 0 Å². The van der Waals surface area contributed by atoms with E-state index in [0.29, 0.717) is 11.4 Å². The molecule has 0 atom stereocenters. The van der Waals surface area contributed by atoms with Crippen molar-refractivity contribution in [1.29, 1.82) is 0 Å². The molecule has 56 heavy (non-hydrogen) atoms. The predicted molar refractivity (Wildman–Crippen MR) is 228 cm³/mol. The second kappa shape index (κ2) is 16.8. The normalized spacial score (nSPS) is 12.4. The van der Waals surface area contributed by atoms with Gasteiger partial charge in [-0.05, 0) is 33.4 Å². The fourth-order valence-electron chi connectivity index (χ4n) is 7.35. The van der Waals surface area contributed by atoms with Gasteiger partial charge in [-0.25, -0.2) is 0 Å². The van der Waals surface area contributed by atoms with Gasteiger partial charge in [-0.3, -0.25) is 0 Å². The molecule has 0 saturated carbocycles. The van der Waals surface area contributed by atoms with Crippen LogP contribution in [0.1, 0.15) is 44.5 Å². The molecule has 0 aliphatic carbocycles. The Morgan fingerprint density at radius 2 is 0.411 bits per heavy atom. The van der Waals surface area contributed by atoms with E-state index < -0.39 is 11.1 Å². The lowest BCUT2D eigenvalue weighted by Gasteiger charge is -2.31. The number of azo groups is 2. The maximum Gasteiger partial charge on any atom is 0.157 e. The summed E-state index contributed by atoms with van der Waals surface area (Å²) in [7, 11) is 0. The van der Waals surface area contributed by atoms with Crippen molar-refractivity contribution in [2.75, 3.05) is 0 Å². The number of rotatable bonds is 12. The quantitative estimate of drug-likeness (QED) is 0.0685. The fourth-order valence-corrected chi connectivity index (χ4v) is 7.35. The van der Waals surface area contributed by atoms with Gasteiger partial charge in [0.15, 0.2) is 11.1 Å². The van der Waals surface area contributed by atoms with E-state index in [2.05, 4.69) is 170 Å². The highest BCUT2D eigenvalue weighted by atomic mass is 15.2. The van der Waals surface area contributed by atoms with Crippen LogP contribution >= 0.6 is 0 Å². The molecule has 0 unspecified atom stereocenters. The average molecular weight is 721 g/mol. The maximum atomic E-state index is 5.47. The van der Waals surface area contributed by atoms with Gasteiger partial charge in [0, 0.05) is 11.1 Å². The molecule has 268 valence electrons. The summed E-state index contributed by atoms with van der Waals surface area (Å²) < 4.78 is 0. The van der Waals surface area contributed by atoms with Crippen molar-refractivity contribution in [3.8, 4) is 0 Å². The SMILES string of the molecule is c1ccc(C(N=NC(c2ccccc2)(c2ccccc2)c2ccccc2)=C(N=NC(c2ccccc2)(c2ccccc2)c2ccccc2)c2ccccc2)cc1. The van der Waals surface area contributed by atoms with Gasteiger partial charge in [0.1, 0.15) is 11.4 Å². The zero-order valence-electron chi connectivity index (χ0n) is 30.9. The van der Waals surface area contributed by atoms with Crippen molar-refractivity contribution >= 4 is 11.4 Å². The van der Waals surface area contributed by atoms with Crippen molar-refractivity contribution in [3.05, 3.63) is 287 Å². The van der Waals surface area contributed by atoms with Gasteiger partial charge >= 0.3 is 0 Å². The van der Waals surface area contributed by atoms with Crippen molar-refractivity contribution < 1.29 is 0 Å². The molecule has 0 radical (unpaired) electrons. The summed E-state index contributed by atoms with van der Waals surface area (Å²) in [5.41, 5.74) is 6.91. The summed E-state index contributed by atoms with van der Waals surface area (Å²) in [6, 6.07) is 82.6. The molecule has 0 spiro atoms. The molecule has 0 aliphatic rings. The van der Waals surface area contributed by atoms with E-state index >= 15 is 0 Å². The largest absolute Gasteiger partial charge is 0.167 e. The first-order chi connectivity index (χ1) is 27.8. The first-order valence-corrected chi connectivity index (χ1v) is 18.8. The lowest BCUT2D eigenvalue weighted by Crippen LogP contribution is -2.27. The summed E-state index contributed by atoms with van der Waals surface area (Å²) in [5, 5.41) is 21.6. The van der Waals surface area contributed by atoms with Crippen LogP contribution in [0, 0.1) is 0 Å². The Morgan fingerprint density at radius 1 is 0.232 bits per heavy atom. The van der Waals surface area contributed by atoms with E-state index in [1.807, 2.05) is 72.8 Å². The minimum absolute atomic E-state index is 0.593. The molecule has 0 saturated heterocycles. The zero-order valence-corrected chi connectivity index (χ0v) is 30.9. The van der Waals surface area contributed by atoms with E-state index in [1.165, 1.54) is 0 Å². The van der Waals surface area contributed by atoms with Crippen molar-refractivity contribution in [3.63, 3.8) is 0 Å². The van der Waals surface area contributed by atoms with Crippen LogP contribution in [0.5, 0.6) is 0 Å². The van der Waals surface area contributed by atoms with Crippen LogP contribution in [0.25, 0.3) is 11.4 Å². The molecular formula is C52H40N4. The maximum absolute atomic E-state index is 5.47. The van der Waals surface area contributed by atoms with Crippen molar-refractivity contribution in [1.82, 2.24) is 0 Å².